The van der Waals surface area contributed by atoms with E-state index in [0.29, 0.717) is 17.7 Å². The zero-order valence-corrected chi connectivity index (χ0v) is 39.3. The maximum atomic E-state index is 15.0. The molecule has 416 valence electrons. The molecule has 5 rings (SSSR count). The van der Waals surface area contributed by atoms with E-state index in [2.05, 4.69) is 9.47 Å². The highest BCUT2D eigenvalue weighted by Gasteiger charge is 2.57. The highest BCUT2D eigenvalue weighted by Crippen LogP contribution is 2.41. The highest BCUT2D eigenvalue weighted by atomic mass is 19.4. The monoisotopic (exact) mass is 1110 g/mol. The Kier molecular flexibility index (Phi) is 19.4. The quantitative estimate of drug-likeness (QED) is 0.0191. The summed E-state index contributed by atoms with van der Waals surface area (Å²) in [5.41, 5.74) is 11.6. The number of benzene rings is 5. The summed E-state index contributed by atoms with van der Waals surface area (Å²) >= 11 is 0. The van der Waals surface area contributed by atoms with E-state index in [-0.39, 0.29) is 34.0 Å². The number of nitrogen functional groups attached to an aromatic ring is 2. The Bertz CT molecular complexity index is 2690. The van der Waals surface area contributed by atoms with Gasteiger partial charge >= 0.3 is 48.4 Å². The zero-order chi connectivity index (χ0) is 57.0. The predicted octanol–water partition coefficient (Wildman–Crippen LogP) is 13.7. The van der Waals surface area contributed by atoms with Gasteiger partial charge in [-0.05, 0) is 102 Å². The molecule has 0 heterocycles. The number of hydrogen-bond acceptors (Lipinski definition) is 10. The predicted molar refractivity (Wildman–Crippen MR) is 244 cm³/mol. The van der Waals surface area contributed by atoms with Crippen LogP contribution in [0.15, 0.2) is 115 Å². The molecule has 0 unspecified atom stereocenters. The number of anilines is 2. The van der Waals surface area contributed by atoms with E-state index in [1.165, 1.54) is 30.4 Å². The first-order valence-corrected chi connectivity index (χ1v) is 22.3. The van der Waals surface area contributed by atoms with Crippen LogP contribution in [-0.4, -0.2) is 62.6 Å². The minimum absolute atomic E-state index is 0.138. The summed E-state index contributed by atoms with van der Waals surface area (Å²) in [6.07, 6.45) is -20.2. The van der Waals surface area contributed by atoms with E-state index in [4.69, 9.17) is 30.4 Å². The van der Waals surface area contributed by atoms with Gasteiger partial charge in [0.05, 0.1) is 30.3 Å². The Labute approximate surface area is 426 Å². The van der Waals surface area contributed by atoms with Gasteiger partial charge in [0.2, 0.25) is 0 Å². The van der Waals surface area contributed by atoms with Gasteiger partial charge in [-0.3, -0.25) is 0 Å². The number of carbonyl (C=O) groups excluding carboxylic acids is 2. The summed E-state index contributed by atoms with van der Waals surface area (Å²) in [6.45, 7) is -2.20. The topological polar surface area (TPSA) is 142 Å². The Morgan fingerprint density at radius 2 is 0.896 bits per heavy atom. The number of esters is 2. The van der Waals surface area contributed by atoms with Crippen LogP contribution in [-0.2, 0) is 31.3 Å². The van der Waals surface area contributed by atoms with Crippen LogP contribution in [0, 0.1) is 11.6 Å². The van der Waals surface area contributed by atoms with Crippen molar-refractivity contribution in [3.63, 3.8) is 0 Å². The van der Waals surface area contributed by atoms with E-state index in [1.807, 2.05) is 0 Å². The van der Waals surface area contributed by atoms with Crippen molar-refractivity contribution in [3.05, 3.63) is 155 Å². The number of halogens is 16. The van der Waals surface area contributed by atoms with Crippen molar-refractivity contribution in [2.75, 3.05) is 37.9 Å². The molecule has 5 aromatic carbocycles. The van der Waals surface area contributed by atoms with Crippen molar-refractivity contribution in [2.24, 2.45) is 0 Å². The number of carbonyl (C=O) groups is 2. The lowest BCUT2D eigenvalue weighted by molar-refractivity contribution is -0.284. The Morgan fingerprint density at radius 1 is 0.506 bits per heavy atom. The minimum Gasteiger partial charge on any atom is -0.493 e. The summed E-state index contributed by atoms with van der Waals surface area (Å²) in [5.74, 6) is -18.1. The SMILES string of the molecule is Nc1ccc(C(COC(=O)/C=C/c2ccc(C(F)(F)Oc3ccc(OCCCC(F)(F)C(F)(F)F)cc3F)cc2)COC(=O)/C=C/c2ccc(C(F)(F)Oc3ccc(OCCCC(F)(F)C(F)(F)F)cc3F)cc2)c(N)c1. The molecule has 0 saturated carbocycles. The molecule has 10 nitrogen and oxygen atoms in total. The molecule has 0 spiro atoms. The summed E-state index contributed by atoms with van der Waals surface area (Å²) < 4.78 is 245. The third-order valence-corrected chi connectivity index (χ3v) is 10.6. The average molecular weight is 1110 g/mol. The summed E-state index contributed by atoms with van der Waals surface area (Å²) in [5, 5.41) is 0. The van der Waals surface area contributed by atoms with Gasteiger partial charge in [-0.1, -0.05) is 30.3 Å². The minimum atomic E-state index is -5.77. The molecule has 0 amide bonds. The van der Waals surface area contributed by atoms with Crippen LogP contribution in [0.4, 0.5) is 81.6 Å². The molecule has 0 aliphatic heterocycles. The highest BCUT2D eigenvalue weighted by molar-refractivity contribution is 5.87. The van der Waals surface area contributed by atoms with Crippen molar-refractivity contribution in [3.8, 4) is 23.0 Å². The molecule has 4 N–H and O–H groups in total. The van der Waals surface area contributed by atoms with Gasteiger partial charge in [0.1, 0.15) is 24.7 Å². The largest absolute Gasteiger partial charge is 0.493 e. The molecule has 0 aliphatic rings. The van der Waals surface area contributed by atoms with Crippen LogP contribution in [0.1, 0.15) is 59.4 Å². The van der Waals surface area contributed by atoms with E-state index >= 15 is 17.6 Å². The molecule has 0 fully saturated rings. The number of alkyl halides is 14. The average Bonchev–Trinajstić information content (AvgIpc) is 3.34. The first-order chi connectivity index (χ1) is 35.9. The fraction of sp³-hybridized carbons (Fsp3) is 0.294. The van der Waals surface area contributed by atoms with Gasteiger partial charge in [0, 0.05) is 48.5 Å². The van der Waals surface area contributed by atoms with Gasteiger partial charge in [-0.25, -0.2) is 18.4 Å². The molecule has 0 aromatic heterocycles. The molecule has 0 aliphatic carbocycles. The van der Waals surface area contributed by atoms with Crippen molar-refractivity contribution in [1.29, 1.82) is 0 Å². The Hall–Kier alpha value is -7.80. The third kappa shape index (κ3) is 17.4. The second kappa shape index (κ2) is 24.9. The summed E-state index contributed by atoms with van der Waals surface area (Å²) in [7, 11) is 0. The molecular formula is C51H42F16N2O8. The van der Waals surface area contributed by atoms with Gasteiger partial charge in [0.15, 0.2) is 23.1 Å². The van der Waals surface area contributed by atoms with Crippen molar-refractivity contribution < 1.29 is 108 Å². The lowest BCUT2D eigenvalue weighted by Gasteiger charge is -2.20. The fourth-order valence-corrected chi connectivity index (χ4v) is 6.51. The standard InChI is InChI=1S/C51H42F16N2O8/c52-39-26-36(72-23-1-21-46(54,55)50(62,63)64)14-17-42(39)76-48(58,59)33-9-3-30(4-10-33)7-19-44(70)74-28-32(38-16-13-35(68)25-41(38)69)29-75-45(71)20-8-31-5-11-34(12-6-31)49(60,61)77-43-18-15-37(27-40(43)53)73-24-2-22-47(56,57)51(65,66)67/h3-20,25-27,32H,1-2,21-24,28-29,68-69H2/b19-7+,20-8+. The Balaban J connectivity index is 1.11. The molecule has 0 atom stereocenters. The van der Waals surface area contributed by atoms with E-state index < -0.39 is 141 Å². The number of nitrogens with two attached hydrogens (primary N) is 2. The van der Waals surface area contributed by atoms with E-state index in [9.17, 15) is 62.3 Å². The number of hydrogen-bond donors (Lipinski definition) is 2. The maximum absolute atomic E-state index is 15.0. The molecule has 77 heavy (non-hydrogen) atoms. The number of ether oxygens (including phenoxy) is 6. The van der Waals surface area contributed by atoms with E-state index in [1.54, 1.807) is 0 Å². The van der Waals surface area contributed by atoms with Crippen LogP contribution < -0.4 is 30.4 Å². The van der Waals surface area contributed by atoms with E-state index in [0.717, 1.165) is 84.9 Å². The van der Waals surface area contributed by atoms with Crippen molar-refractivity contribution in [1.82, 2.24) is 0 Å². The second-order valence-corrected chi connectivity index (χ2v) is 16.5. The lowest BCUT2D eigenvalue weighted by Crippen LogP contribution is -2.36. The summed E-state index contributed by atoms with van der Waals surface area (Å²) in [6, 6.07) is 17.0. The van der Waals surface area contributed by atoms with Gasteiger partial charge < -0.3 is 39.9 Å². The Morgan fingerprint density at radius 3 is 1.25 bits per heavy atom. The van der Waals surface area contributed by atoms with Crippen molar-refractivity contribution >= 4 is 35.5 Å². The molecule has 26 heteroatoms. The van der Waals surface area contributed by atoms with Crippen LogP contribution in [0.5, 0.6) is 23.0 Å². The third-order valence-electron chi connectivity index (χ3n) is 10.6. The second-order valence-electron chi connectivity index (χ2n) is 16.5. The molecule has 0 radical (unpaired) electrons. The van der Waals surface area contributed by atoms with Gasteiger partial charge in [-0.15, -0.1) is 0 Å². The van der Waals surface area contributed by atoms with Gasteiger partial charge in [-0.2, -0.15) is 61.5 Å². The van der Waals surface area contributed by atoms with Crippen LogP contribution in [0.2, 0.25) is 0 Å². The van der Waals surface area contributed by atoms with Crippen LogP contribution in [0.25, 0.3) is 12.2 Å². The molecule has 0 saturated heterocycles. The maximum Gasteiger partial charge on any atom is 0.453 e. The van der Waals surface area contributed by atoms with Crippen LogP contribution >= 0.6 is 0 Å². The normalized spacial score (nSPS) is 12.8. The van der Waals surface area contributed by atoms with Crippen molar-refractivity contribution in [2.45, 2.75) is 68.0 Å². The first kappa shape index (κ1) is 60.1. The molecule has 0 bridgehead atoms. The fourth-order valence-electron chi connectivity index (χ4n) is 6.51. The van der Waals surface area contributed by atoms with Gasteiger partial charge in [0.25, 0.3) is 0 Å². The molecule has 5 aromatic rings. The summed E-state index contributed by atoms with van der Waals surface area (Å²) in [4.78, 5) is 25.5. The van der Waals surface area contributed by atoms with Crippen LogP contribution in [0.3, 0.4) is 0 Å². The zero-order valence-electron chi connectivity index (χ0n) is 39.3. The number of rotatable bonds is 25. The lowest BCUT2D eigenvalue weighted by atomic mass is 9.98. The first-order valence-electron chi connectivity index (χ1n) is 22.3. The molecular weight excluding hydrogens is 1070 g/mol. The smallest absolute Gasteiger partial charge is 0.453 e.